The molecule has 0 bridgehead atoms. The van der Waals surface area contributed by atoms with Crippen LogP contribution in [0.2, 0.25) is 5.02 Å². The van der Waals surface area contributed by atoms with Gasteiger partial charge in [0.2, 0.25) is 0 Å². The van der Waals surface area contributed by atoms with Gasteiger partial charge < -0.3 is 22.3 Å². The van der Waals surface area contributed by atoms with Gasteiger partial charge in [0.05, 0.1) is 7.11 Å². The highest BCUT2D eigenvalue weighted by atomic mass is 35.5. The summed E-state index contributed by atoms with van der Waals surface area (Å²) < 4.78 is 7.29. The van der Waals surface area contributed by atoms with Gasteiger partial charge in [-0.3, -0.25) is 0 Å². The summed E-state index contributed by atoms with van der Waals surface area (Å²) in [5.41, 5.74) is 1.21. The van der Waals surface area contributed by atoms with Gasteiger partial charge in [0.1, 0.15) is 0 Å². The summed E-state index contributed by atoms with van der Waals surface area (Å²) in [6, 6.07) is 13.5. The molecule has 1 heterocycles. The molecule has 1 N–H and O–H groups in total. The van der Waals surface area contributed by atoms with Gasteiger partial charge in [-0.1, -0.05) is 23.7 Å². The topological polar surface area (TPSA) is 33.3 Å². The molecule has 0 amide bonds. The number of phenolic OH excluding ortho intramolecular Hbond substituents is 1. The molecule has 0 aliphatic rings. The Kier molecular flexibility index (Phi) is 5.69. The number of methoxy groups -OCH3 is 1. The smallest absolute Gasteiger partial charge is 0.176 e. The monoisotopic (exact) mass is 349 g/mol. The number of pyridine rings is 1. The molecule has 0 unspecified atom stereocenters. The summed E-state index contributed by atoms with van der Waals surface area (Å²) in [5.74, 6) is 0.645. The van der Waals surface area contributed by atoms with Crippen molar-refractivity contribution in [2.45, 2.75) is 13.0 Å². The van der Waals surface area contributed by atoms with E-state index < -0.39 is 0 Å². The van der Waals surface area contributed by atoms with Crippen LogP contribution in [-0.2, 0) is 13.0 Å². The molecule has 23 heavy (non-hydrogen) atoms. The number of phenols is 1. The zero-order valence-electron chi connectivity index (χ0n) is 12.7. The molecule has 0 saturated heterocycles. The van der Waals surface area contributed by atoms with Crippen LogP contribution in [0.3, 0.4) is 0 Å². The number of halogens is 2. The molecule has 0 spiro atoms. The average molecular weight is 350 g/mol. The lowest BCUT2D eigenvalue weighted by Gasteiger charge is -2.05. The van der Waals surface area contributed by atoms with Crippen LogP contribution in [-0.4, -0.2) is 12.2 Å². The minimum absolute atomic E-state index is 0. The lowest BCUT2D eigenvalue weighted by molar-refractivity contribution is -0.695. The molecule has 0 saturated carbocycles. The summed E-state index contributed by atoms with van der Waals surface area (Å²) in [7, 11) is 1.55. The molecule has 0 radical (unpaired) electrons. The van der Waals surface area contributed by atoms with Gasteiger partial charge in [-0.15, -0.1) is 0 Å². The molecule has 3 nitrogen and oxygen atoms in total. The first-order valence-electron chi connectivity index (χ1n) is 7.10. The second kappa shape index (κ2) is 7.53. The minimum Gasteiger partial charge on any atom is -1.00 e. The van der Waals surface area contributed by atoms with Crippen molar-refractivity contribution in [3.8, 4) is 11.5 Å². The first-order chi connectivity index (χ1) is 10.7. The highest BCUT2D eigenvalue weighted by Gasteiger charge is 2.08. The zero-order valence-corrected chi connectivity index (χ0v) is 14.2. The number of aryl methyl sites for hydroxylation is 2. The van der Waals surface area contributed by atoms with Crippen molar-refractivity contribution in [3.05, 3.63) is 65.4 Å². The van der Waals surface area contributed by atoms with Crippen LogP contribution in [0.4, 0.5) is 0 Å². The van der Waals surface area contributed by atoms with Crippen LogP contribution < -0.4 is 21.7 Å². The number of hydrogen-bond donors (Lipinski definition) is 1. The Morgan fingerprint density at radius 1 is 1.13 bits per heavy atom. The quantitative estimate of drug-likeness (QED) is 0.705. The lowest BCUT2D eigenvalue weighted by Crippen LogP contribution is -3.00. The molecule has 0 fully saturated rings. The van der Waals surface area contributed by atoms with Gasteiger partial charge in [0.15, 0.2) is 30.4 Å². The summed E-state index contributed by atoms with van der Waals surface area (Å²) in [5, 5.41) is 12.6. The molecule has 120 valence electrons. The molecule has 0 aliphatic carbocycles. The minimum atomic E-state index is 0. The first-order valence-corrected chi connectivity index (χ1v) is 7.48. The Hall–Kier alpha value is -1.97. The van der Waals surface area contributed by atoms with E-state index in [0.29, 0.717) is 5.75 Å². The van der Waals surface area contributed by atoms with E-state index in [-0.39, 0.29) is 18.2 Å². The predicted octanol–water partition coefficient (Wildman–Crippen LogP) is 0.742. The summed E-state index contributed by atoms with van der Waals surface area (Å²) in [4.78, 5) is 0. The predicted molar refractivity (Wildman–Crippen MR) is 87.5 cm³/mol. The van der Waals surface area contributed by atoms with Crippen molar-refractivity contribution in [1.82, 2.24) is 0 Å². The molecule has 0 aliphatic heterocycles. The third kappa shape index (κ3) is 4.06. The van der Waals surface area contributed by atoms with Gasteiger partial charge >= 0.3 is 0 Å². The van der Waals surface area contributed by atoms with E-state index >= 15 is 0 Å². The van der Waals surface area contributed by atoms with Crippen LogP contribution in [0, 0.1) is 0 Å². The Morgan fingerprint density at radius 2 is 1.96 bits per heavy atom. The molecule has 1 aromatic heterocycles. The summed E-state index contributed by atoms with van der Waals surface area (Å²) in [6.45, 7) is 0.861. The fraction of sp³-hybridized carbons (Fsp3) is 0.167. The third-order valence-corrected chi connectivity index (χ3v) is 3.92. The van der Waals surface area contributed by atoms with E-state index in [1.54, 1.807) is 13.2 Å². The van der Waals surface area contributed by atoms with E-state index in [1.165, 1.54) is 5.56 Å². The Morgan fingerprint density at radius 3 is 2.70 bits per heavy atom. The van der Waals surface area contributed by atoms with E-state index in [2.05, 4.69) is 16.8 Å². The maximum Gasteiger partial charge on any atom is 0.176 e. The molecular formula is C18H17Cl2NO2. The molecule has 0 atom stereocenters. The fourth-order valence-electron chi connectivity index (χ4n) is 2.51. The van der Waals surface area contributed by atoms with Gasteiger partial charge in [0.25, 0.3) is 0 Å². The van der Waals surface area contributed by atoms with E-state index in [0.717, 1.165) is 28.8 Å². The largest absolute Gasteiger partial charge is 1.00 e. The standard InChI is InChI=1S/C18H16ClNO2.ClH/c1-22-18-11-15-12-20(8-6-14(15)10-17(18)21)7-5-13-3-2-4-16(19)9-13;/h2-4,6,8-12H,5,7H2,1H3;1H. The SMILES string of the molecule is COc1cc2c[n+](CCc3cccc(Cl)c3)ccc2cc1O.[Cl-]. The molecule has 5 heteroatoms. The van der Waals surface area contributed by atoms with Crippen LogP contribution >= 0.6 is 11.6 Å². The maximum absolute atomic E-state index is 9.81. The number of hydrogen-bond acceptors (Lipinski definition) is 2. The average Bonchev–Trinajstić information content (AvgIpc) is 2.52. The number of aromatic nitrogens is 1. The second-order valence-corrected chi connectivity index (χ2v) is 5.65. The van der Waals surface area contributed by atoms with Crippen LogP contribution in [0.25, 0.3) is 10.8 Å². The second-order valence-electron chi connectivity index (χ2n) is 5.22. The number of benzene rings is 2. The van der Waals surface area contributed by atoms with Crippen molar-refractivity contribution in [2.24, 2.45) is 0 Å². The first kappa shape index (κ1) is 17.4. The summed E-state index contributed by atoms with van der Waals surface area (Å²) >= 11 is 6.01. The Balaban J connectivity index is 0.00000192. The van der Waals surface area contributed by atoms with Crippen molar-refractivity contribution < 1.29 is 26.8 Å². The Bertz CT molecular complexity index is 821. The molecule has 2 aromatic carbocycles. The zero-order chi connectivity index (χ0) is 15.5. The van der Waals surface area contributed by atoms with Crippen LogP contribution in [0.5, 0.6) is 11.5 Å². The highest BCUT2D eigenvalue weighted by molar-refractivity contribution is 6.30. The van der Waals surface area contributed by atoms with Crippen molar-refractivity contribution >= 4 is 22.4 Å². The van der Waals surface area contributed by atoms with E-state index in [9.17, 15) is 5.11 Å². The van der Waals surface area contributed by atoms with Crippen LogP contribution in [0.15, 0.2) is 54.9 Å². The molecule has 3 rings (SSSR count). The fourth-order valence-corrected chi connectivity index (χ4v) is 2.72. The molecule has 3 aromatic rings. The number of fused-ring (bicyclic) bond motifs is 1. The number of ether oxygens (including phenoxy) is 1. The van der Waals surface area contributed by atoms with E-state index in [4.69, 9.17) is 16.3 Å². The number of aromatic hydroxyl groups is 1. The lowest BCUT2D eigenvalue weighted by atomic mass is 10.1. The van der Waals surface area contributed by atoms with Gasteiger partial charge in [-0.2, -0.15) is 0 Å². The van der Waals surface area contributed by atoms with E-state index in [1.807, 2.05) is 36.5 Å². The molecular weight excluding hydrogens is 333 g/mol. The number of rotatable bonds is 4. The number of nitrogens with zero attached hydrogens (tertiary/aromatic N) is 1. The van der Waals surface area contributed by atoms with Crippen molar-refractivity contribution in [1.29, 1.82) is 0 Å². The van der Waals surface area contributed by atoms with Gasteiger partial charge in [0, 0.05) is 22.9 Å². The van der Waals surface area contributed by atoms with Gasteiger partial charge in [-0.05, 0) is 35.2 Å². The van der Waals surface area contributed by atoms with Crippen molar-refractivity contribution in [2.75, 3.05) is 7.11 Å². The normalized spacial score (nSPS) is 10.3. The van der Waals surface area contributed by atoms with Gasteiger partial charge in [-0.25, -0.2) is 4.57 Å². The maximum atomic E-state index is 9.81. The summed E-state index contributed by atoms with van der Waals surface area (Å²) in [6.07, 6.45) is 4.98. The van der Waals surface area contributed by atoms with Crippen molar-refractivity contribution in [3.63, 3.8) is 0 Å². The third-order valence-electron chi connectivity index (χ3n) is 3.68. The Labute approximate surface area is 146 Å². The van der Waals surface area contributed by atoms with Crippen LogP contribution in [0.1, 0.15) is 5.56 Å². The highest BCUT2D eigenvalue weighted by Crippen LogP contribution is 2.30.